The predicted molar refractivity (Wildman–Crippen MR) is 259 cm³/mol. The van der Waals surface area contributed by atoms with Crippen molar-refractivity contribution in [3.05, 3.63) is 198 Å². The van der Waals surface area contributed by atoms with Crippen molar-refractivity contribution in [2.24, 2.45) is 0 Å². The van der Waals surface area contributed by atoms with Gasteiger partial charge in [0.25, 0.3) is 6.71 Å². The molecule has 3 heteroatoms. The maximum atomic E-state index is 9.34. The molecule has 10 rings (SSSR count). The monoisotopic (exact) mass is 790 g/mol. The second-order valence-corrected chi connectivity index (χ2v) is 17.6. The van der Waals surface area contributed by atoms with Crippen LogP contribution in [0.15, 0.2) is 182 Å². The van der Waals surface area contributed by atoms with Crippen molar-refractivity contribution in [1.29, 1.82) is 0 Å². The predicted octanol–water partition coefficient (Wildman–Crippen LogP) is 13.7. The summed E-state index contributed by atoms with van der Waals surface area (Å²) >= 11 is 0. The normalized spacial score (nSPS) is 16.6. The minimum absolute atomic E-state index is 0.0291. The van der Waals surface area contributed by atoms with E-state index in [1.54, 1.807) is 18.2 Å². The third-order valence-corrected chi connectivity index (χ3v) is 11.7. The van der Waals surface area contributed by atoms with E-state index in [9.17, 15) is 8.22 Å². The Morgan fingerprint density at radius 2 is 0.917 bits per heavy atom. The molecule has 0 spiro atoms. The molecule has 0 radical (unpaired) electrons. The first kappa shape index (κ1) is 24.5. The number of nitrogens with zero attached hydrogens (tertiary/aromatic N) is 2. The minimum atomic E-state index is -0.595. The van der Waals surface area contributed by atoms with Gasteiger partial charge < -0.3 is 9.80 Å². The highest BCUT2D eigenvalue weighted by Crippen LogP contribution is 2.51. The molecule has 2 heterocycles. The molecule has 0 atom stereocenters. The van der Waals surface area contributed by atoms with Crippen molar-refractivity contribution in [3.63, 3.8) is 0 Å². The van der Waals surface area contributed by atoms with Crippen LogP contribution in [0.25, 0.3) is 33.4 Å². The Hall–Kier alpha value is -6.58. The van der Waals surface area contributed by atoms with Crippen LogP contribution >= 0.6 is 0 Å². The average molecular weight is 790 g/mol. The summed E-state index contributed by atoms with van der Waals surface area (Å²) in [7, 11) is 0. The summed E-state index contributed by atoms with van der Waals surface area (Å²) in [6, 6.07) is 21.1. The fourth-order valence-corrected chi connectivity index (χ4v) is 8.79. The Morgan fingerprint density at radius 3 is 1.48 bits per heavy atom. The Kier molecular flexibility index (Phi) is 5.84. The van der Waals surface area contributed by atoms with Crippen molar-refractivity contribution in [2.45, 2.75) is 59.3 Å². The molecule has 2 aliphatic heterocycles. The fourth-order valence-electron chi connectivity index (χ4n) is 8.79. The SMILES string of the molecule is [2H]c1c([2H])c([2H])c(-c2cc(C(C)(C)C)ccc2N2c3ccc(C(C)(C)C)cc3B3c4ccccc4N(c4c(-c5c([2H])c([2H])c([2H])c([2H])c5[2H])cccc4-c4c([2H])c([2H])c([2H])c([2H])c4[2H])c4cc(C)cc2c43)c([2H])c1[2H]. The number of anilines is 6. The third-order valence-electron chi connectivity index (χ3n) is 11.7. The largest absolute Gasteiger partial charge is 0.311 e. The number of hydrogen-bond donors (Lipinski definition) is 0. The summed E-state index contributed by atoms with van der Waals surface area (Å²) in [5.41, 5.74) is 8.13. The molecule has 2 nitrogen and oxygen atoms in total. The summed E-state index contributed by atoms with van der Waals surface area (Å²) in [5, 5.41) is 0. The number of fused-ring (bicyclic) bond motifs is 4. The fraction of sp³-hybridized carbons (Fsp3) is 0.158. The molecule has 8 aromatic rings. The lowest BCUT2D eigenvalue weighted by molar-refractivity contribution is 0.590. The molecule has 0 saturated carbocycles. The molecule has 60 heavy (non-hydrogen) atoms. The molecule has 0 N–H and O–H groups in total. The lowest BCUT2D eigenvalue weighted by Crippen LogP contribution is -2.61. The van der Waals surface area contributed by atoms with E-state index in [1.165, 1.54) is 0 Å². The molecule has 0 unspecified atom stereocenters. The number of aryl methyl sites for hydroxylation is 1. The van der Waals surface area contributed by atoms with Gasteiger partial charge in [0.1, 0.15) is 0 Å². The maximum absolute atomic E-state index is 9.34. The van der Waals surface area contributed by atoms with Gasteiger partial charge in [0.05, 0.1) is 31.9 Å². The molecule has 0 saturated heterocycles. The van der Waals surface area contributed by atoms with Crippen LogP contribution in [0.2, 0.25) is 0 Å². The average Bonchev–Trinajstić information content (AvgIpc) is 3.40. The second kappa shape index (κ2) is 14.3. The molecule has 0 aromatic heterocycles. The van der Waals surface area contributed by atoms with E-state index in [4.69, 9.17) is 12.3 Å². The number of para-hydroxylation sites is 2. The van der Waals surface area contributed by atoms with Crippen LogP contribution in [0.1, 0.15) is 78.8 Å². The van der Waals surface area contributed by atoms with Crippen molar-refractivity contribution in [1.82, 2.24) is 0 Å². The zero-order chi connectivity index (χ0) is 54.4. The molecule has 2 aliphatic rings. The van der Waals surface area contributed by atoms with Gasteiger partial charge in [0, 0.05) is 39.4 Å². The van der Waals surface area contributed by atoms with Crippen molar-refractivity contribution in [3.8, 4) is 33.4 Å². The van der Waals surface area contributed by atoms with Crippen molar-refractivity contribution < 1.29 is 20.6 Å². The van der Waals surface area contributed by atoms with Gasteiger partial charge >= 0.3 is 0 Å². The van der Waals surface area contributed by atoms with E-state index in [0.29, 0.717) is 28.3 Å². The van der Waals surface area contributed by atoms with Gasteiger partial charge in [-0.3, -0.25) is 0 Å². The first-order valence-corrected chi connectivity index (χ1v) is 20.2. The summed E-state index contributed by atoms with van der Waals surface area (Å²) in [6.45, 7) is 14.0. The molecule has 0 aliphatic carbocycles. The van der Waals surface area contributed by atoms with Crippen LogP contribution in [0.3, 0.4) is 0 Å². The minimum Gasteiger partial charge on any atom is -0.311 e. The topological polar surface area (TPSA) is 6.48 Å². The summed E-state index contributed by atoms with van der Waals surface area (Å²) in [6.07, 6.45) is 0. The van der Waals surface area contributed by atoms with Crippen LogP contribution in [-0.4, -0.2) is 6.71 Å². The number of benzene rings is 8. The van der Waals surface area contributed by atoms with E-state index in [1.807, 2.05) is 87.2 Å². The summed E-state index contributed by atoms with van der Waals surface area (Å²) in [4.78, 5) is 4.00. The molecular formula is C57H51BN2. The van der Waals surface area contributed by atoms with E-state index >= 15 is 0 Å². The van der Waals surface area contributed by atoms with Crippen LogP contribution < -0.4 is 26.2 Å². The van der Waals surface area contributed by atoms with Gasteiger partial charge in [0.15, 0.2) is 0 Å². The molecule has 8 aromatic carbocycles. The van der Waals surface area contributed by atoms with Crippen LogP contribution in [0.4, 0.5) is 34.1 Å². The zero-order valence-electron chi connectivity index (χ0n) is 49.6. The lowest BCUT2D eigenvalue weighted by atomic mass is 9.33. The van der Waals surface area contributed by atoms with Gasteiger partial charge in [0.2, 0.25) is 0 Å². The van der Waals surface area contributed by atoms with E-state index in [0.717, 1.165) is 38.8 Å². The van der Waals surface area contributed by atoms with E-state index < -0.39 is 90.7 Å². The van der Waals surface area contributed by atoms with Gasteiger partial charge in [-0.15, -0.1) is 0 Å². The Labute approximate surface area is 378 Å². The zero-order valence-corrected chi connectivity index (χ0v) is 34.6. The van der Waals surface area contributed by atoms with Crippen LogP contribution in [-0.2, 0) is 10.8 Å². The van der Waals surface area contributed by atoms with Crippen LogP contribution in [0, 0.1) is 6.92 Å². The first-order chi connectivity index (χ1) is 35.2. The summed E-state index contributed by atoms with van der Waals surface area (Å²) in [5.74, 6) is 0. The Balaban J connectivity index is 1.40. The van der Waals surface area contributed by atoms with Crippen molar-refractivity contribution in [2.75, 3.05) is 9.80 Å². The molecule has 292 valence electrons. The lowest BCUT2D eigenvalue weighted by Gasteiger charge is -2.45. The maximum Gasteiger partial charge on any atom is 0.252 e. The Bertz CT molecular complexity index is 3630. The van der Waals surface area contributed by atoms with Crippen LogP contribution in [0.5, 0.6) is 0 Å². The second-order valence-electron chi connectivity index (χ2n) is 17.6. The van der Waals surface area contributed by atoms with Gasteiger partial charge in [-0.05, 0) is 104 Å². The highest BCUT2D eigenvalue weighted by Gasteiger charge is 2.45. The third kappa shape index (κ3) is 6.27. The van der Waals surface area contributed by atoms with Gasteiger partial charge in [-0.2, -0.15) is 0 Å². The van der Waals surface area contributed by atoms with E-state index in [-0.39, 0.29) is 51.0 Å². The quantitative estimate of drug-likeness (QED) is 0.160. The van der Waals surface area contributed by atoms with Gasteiger partial charge in [-0.1, -0.05) is 187 Å². The first-order valence-electron chi connectivity index (χ1n) is 27.7. The molecule has 0 amide bonds. The number of hydrogen-bond acceptors (Lipinski definition) is 2. The highest BCUT2D eigenvalue weighted by atomic mass is 15.2. The standard InChI is InChI=1S/C57H51BN2/c1-38-34-52-54-53(35-38)60(55-44(39-20-11-8-12-21-39)26-19-27-45(55)40-22-13-9-14-23-40)50-29-18-17-28-47(50)58(54)48-37-43(57(5,6)7)31-33-51(48)59(52)49-32-30-42(56(2,3)4)36-46(49)41-24-15-10-16-25-41/h8-37H,1-7H3/i8D,9D,10D,11D,12D,13D,14D,15D,16D,20D,21D,22D,23D,24D,25D. The smallest absolute Gasteiger partial charge is 0.252 e. The van der Waals surface area contributed by atoms with E-state index in [2.05, 4.69) is 43.9 Å². The molecular weight excluding hydrogens is 723 g/mol. The molecule has 0 bridgehead atoms. The molecule has 0 fully saturated rings. The Morgan fingerprint density at radius 1 is 0.433 bits per heavy atom. The number of rotatable bonds is 5. The van der Waals surface area contributed by atoms with Crippen molar-refractivity contribution >= 4 is 57.2 Å². The highest BCUT2D eigenvalue weighted by molar-refractivity contribution is 7.00. The van der Waals surface area contributed by atoms with Gasteiger partial charge in [-0.25, -0.2) is 0 Å². The summed E-state index contributed by atoms with van der Waals surface area (Å²) < 4.78 is 135.